The van der Waals surface area contributed by atoms with Crippen LogP contribution in [0.3, 0.4) is 0 Å². The molecular weight excluding hydrogens is 300 g/mol. The summed E-state index contributed by atoms with van der Waals surface area (Å²) in [6, 6.07) is 7.20. The van der Waals surface area contributed by atoms with Gasteiger partial charge < -0.3 is 10.2 Å². The second-order valence-corrected chi connectivity index (χ2v) is 7.57. The lowest BCUT2D eigenvalue weighted by molar-refractivity contribution is -0.134. The summed E-state index contributed by atoms with van der Waals surface area (Å²) in [4.78, 5) is 6.88. The second kappa shape index (κ2) is 4.80. The van der Waals surface area contributed by atoms with Crippen molar-refractivity contribution < 1.29 is 10.2 Å². The monoisotopic (exact) mass is 322 g/mol. The summed E-state index contributed by atoms with van der Waals surface area (Å²) in [5.41, 5.74) is 1.96. The summed E-state index contributed by atoms with van der Waals surface area (Å²) in [5, 5.41) is 21.9. The minimum atomic E-state index is -0.550. The van der Waals surface area contributed by atoms with Gasteiger partial charge in [0.05, 0.1) is 11.6 Å². The second-order valence-electron chi connectivity index (χ2n) is 7.57. The van der Waals surface area contributed by atoms with E-state index in [4.69, 9.17) is 0 Å². The molecule has 2 aromatic rings. The minimum Gasteiger partial charge on any atom is -0.508 e. The zero-order chi connectivity index (χ0) is 16.5. The Kier molecular flexibility index (Phi) is 2.89. The molecule has 1 saturated carbocycles. The highest BCUT2D eigenvalue weighted by atomic mass is 16.3. The molecule has 24 heavy (non-hydrogen) atoms. The van der Waals surface area contributed by atoms with Gasteiger partial charge in [0.25, 0.3) is 0 Å². The molecule has 1 aromatic carbocycles. The molecule has 3 aliphatic rings. The molecule has 2 N–H and O–H groups in total. The van der Waals surface area contributed by atoms with E-state index in [1.807, 2.05) is 6.07 Å². The number of aromatic hydroxyl groups is 1. The zero-order valence-corrected chi connectivity index (χ0v) is 13.6. The fraction of sp³-hybridized carbons (Fsp3) is 0.450. The van der Waals surface area contributed by atoms with E-state index in [-0.39, 0.29) is 17.3 Å². The number of aliphatic hydroxyl groups is 1. The van der Waals surface area contributed by atoms with Crippen molar-refractivity contribution in [1.82, 2.24) is 9.88 Å². The Bertz CT molecular complexity index is 835. The van der Waals surface area contributed by atoms with Crippen molar-refractivity contribution >= 4 is 10.9 Å². The van der Waals surface area contributed by atoms with E-state index in [1.165, 1.54) is 12.8 Å². The number of hydrogen-bond acceptors (Lipinski definition) is 4. The Morgan fingerprint density at radius 1 is 1.38 bits per heavy atom. The van der Waals surface area contributed by atoms with Crippen LogP contribution in [0.4, 0.5) is 0 Å². The summed E-state index contributed by atoms with van der Waals surface area (Å²) >= 11 is 0. The van der Waals surface area contributed by atoms with Gasteiger partial charge in [-0.15, -0.1) is 6.58 Å². The Balaban J connectivity index is 1.53. The van der Waals surface area contributed by atoms with E-state index < -0.39 is 6.10 Å². The number of nitrogens with zero attached hydrogens (tertiary/aromatic N) is 2. The number of rotatable bonds is 3. The van der Waals surface area contributed by atoms with Crippen LogP contribution in [0, 0.1) is 11.8 Å². The minimum absolute atomic E-state index is 0.154. The Labute approximate surface area is 141 Å². The lowest BCUT2D eigenvalue weighted by atomic mass is 9.56. The van der Waals surface area contributed by atoms with Gasteiger partial charge in [0.15, 0.2) is 0 Å². The molecule has 124 valence electrons. The summed E-state index contributed by atoms with van der Waals surface area (Å²) in [5.74, 6) is 1.48. The Morgan fingerprint density at radius 2 is 2.25 bits per heavy atom. The third kappa shape index (κ3) is 1.63. The molecule has 5 rings (SSSR count). The molecule has 2 saturated heterocycles. The first-order valence-electron chi connectivity index (χ1n) is 8.80. The molecule has 4 unspecified atom stereocenters. The predicted molar refractivity (Wildman–Crippen MR) is 92.6 cm³/mol. The first-order chi connectivity index (χ1) is 11.6. The van der Waals surface area contributed by atoms with Crippen molar-refractivity contribution in [2.24, 2.45) is 11.8 Å². The molecule has 3 heterocycles. The normalized spacial score (nSPS) is 35.6. The first-order valence-corrected chi connectivity index (χ1v) is 8.80. The van der Waals surface area contributed by atoms with E-state index in [0.717, 1.165) is 29.4 Å². The molecule has 2 aliphatic heterocycles. The number of aliphatic hydroxyl groups excluding tert-OH is 1. The van der Waals surface area contributed by atoms with E-state index in [1.54, 1.807) is 24.4 Å². The summed E-state index contributed by atoms with van der Waals surface area (Å²) in [7, 11) is 0. The number of aromatic nitrogens is 1. The maximum absolute atomic E-state index is 11.2. The molecule has 3 fully saturated rings. The number of hydrogen-bond donors (Lipinski definition) is 2. The van der Waals surface area contributed by atoms with Gasteiger partial charge >= 0.3 is 0 Å². The Morgan fingerprint density at radius 3 is 3.00 bits per heavy atom. The van der Waals surface area contributed by atoms with Gasteiger partial charge in [-0.25, -0.2) is 0 Å². The van der Waals surface area contributed by atoms with E-state index in [2.05, 4.69) is 22.5 Å². The average Bonchev–Trinajstić information content (AvgIpc) is 2.70. The number of fused-ring (bicyclic) bond motifs is 1. The van der Waals surface area contributed by atoms with Crippen LogP contribution >= 0.6 is 0 Å². The van der Waals surface area contributed by atoms with Gasteiger partial charge in [0.1, 0.15) is 5.75 Å². The maximum atomic E-state index is 11.2. The molecular formula is C20H22N2O2. The number of pyridine rings is 1. The van der Waals surface area contributed by atoms with Crippen LogP contribution < -0.4 is 0 Å². The highest BCUT2D eigenvalue weighted by Crippen LogP contribution is 2.64. The maximum Gasteiger partial charge on any atom is 0.116 e. The fourth-order valence-electron chi connectivity index (χ4n) is 5.53. The molecule has 1 aliphatic carbocycles. The van der Waals surface area contributed by atoms with Crippen molar-refractivity contribution in [2.45, 2.75) is 36.9 Å². The van der Waals surface area contributed by atoms with Gasteiger partial charge in [-0.1, -0.05) is 6.08 Å². The van der Waals surface area contributed by atoms with E-state index >= 15 is 0 Å². The van der Waals surface area contributed by atoms with Crippen molar-refractivity contribution in [1.29, 1.82) is 0 Å². The number of phenols is 1. The Hall–Kier alpha value is -1.91. The van der Waals surface area contributed by atoms with Crippen LogP contribution in [0.1, 0.15) is 30.9 Å². The van der Waals surface area contributed by atoms with Crippen molar-refractivity contribution in [3.05, 3.63) is 48.7 Å². The van der Waals surface area contributed by atoms with Crippen LogP contribution in [-0.2, 0) is 0 Å². The fourth-order valence-corrected chi connectivity index (χ4v) is 5.53. The summed E-state index contributed by atoms with van der Waals surface area (Å²) < 4.78 is 0. The average molecular weight is 322 g/mol. The molecule has 1 aromatic heterocycles. The molecule has 5 atom stereocenters. The van der Waals surface area contributed by atoms with E-state index in [9.17, 15) is 10.2 Å². The van der Waals surface area contributed by atoms with Crippen LogP contribution in [0.15, 0.2) is 43.1 Å². The van der Waals surface area contributed by atoms with Gasteiger partial charge in [-0.3, -0.25) is 9.88 Å². The third-order valence-corrected chi connectivity index (χ3v) is 6.82. The lowest BCUT2D eigenvalue weighted by Gasteiger charge is -2.64. The third-order valence-electron chi connectivity index (χ3n) is 6.82. The molecule has 0 radical (unpaired) electrons. The molecule has 4 heteroatoms. The van der Waals surface area contributed by atoms with Crippen LogP contribution in [0.5, 0.6) is 5.75 Å². The standard InChI is InChI=1S/C20H22N2O2/c1-2-12-11-22-18(9-13-5-7-20(12,13)22)19(24)15-6-8-21-17-4-3-14(23)10-16(15)17/h2-4,6,8,10,12-13,18-19,23-24H,1,5,7,9,11H2/t12?,13?,18?,19-,20?/m1/s1. The van der Waals surface area contributed by atoms with Crippen LogP contribution in [0.2, 0.25) is 0 Å². The number of phenolic OH excluding ortho intramolecular Hbond substituents is 1. The van der Waals surface area contributed by atoms with Crippen molar-refractivity contribution in [3.63, 3.8) is 0 Å². The largest absolute Gasteiger partial charge is 0.508 e. The molecule has 4 nitrogen and oxygen atoms in total. The van der Waals surface area contributed by atoms with Gasteiger partial charge in [-0.2, -0.15) is 0 Å². The molecule has 0 bridgehead atoms. The van der Waals surface area contributed by atoms with Gasteiger partial charge in [0, 0.05) is 35.6 Å². The SMILES string of the molecule is C=CC1CN2C([C@H](O)c3ccnc4ccc(O)cc34)CC3CCC132. The molecule has 1 spiro atoms. The molecule has 0 amide bonds. The highest BCUT2D eigenvalue weighted by Gasteiger charge is 2.68. The van der Waals surface area contributed by atoms with Gasteiger partial charge in [-0.05, 0) is 55.0 Å². The highest BCUT2D eigenvalue weighted by molar-refractivity contribution is 5.83. The zero-order valence-electron chi connectivity index (χ0n) is 13.6. The predicted octanol–water partition coefficient (Wildman–Crippen LogP) is 3.01. The van der Waals surface area contributed by atoms with Crippen molar-refractivity contribution in [2.75, 3.05) is 6.54 Å². The summed E-state index contributed by atoms with van der Waals surface area (Å²) in [6.45, 7) is 5.02. The number of benzene rings is 1. The van der Waals surface area contributed by atoms with Crippen LogP contribution in [0.25, 0.3) is 10.9 Å². The lowest BCUT2D eigenvalue weighted by Crippen LogP contribution is -2.71. The first kappa shape index (κ1) is 14.4. The smallest absolute Gasteiger partial charge is 0.116 e. The van der Waals surface area contributed by atoms with Crippen LogP contribution in [-0.4, -0.2) is 38.2 Å². The van der Waals surface area contributed by atoms with Gasteiger partial charge in [0.2, 0.25) is 0 Å². The van der Waals surface area contributed by atoms with Crippen molar-refractivity contribution in [3.8, 4) is 5.75 Å². The summed E-state index contributed by atoms with van der Waals surface area (Å²) in [6.07, 6.45) is 6.86. The topological polar surface area (TPSA) is 56.6 Å². The van der Waals surface area contributed by atoms with E-state index in [0.29, 0.717) is 11.8 Å². The quantitative estimate of drug-likeness (QED) is 0.853.